The predicted molar refractivity (Wildman–Crippen MR) is 52.2 cm³/mol. The van der Waals surface area contributed by atoms with E-state index < -0.39 is 5.97 Å². The molecule has 1 heterocycles. The quantitative estimate of drug-likeness (QED) is 0.539. The Morgan fingerprint density at radius 3 is 2.69 bits per heavy atom. The van der Waals surface area contributed by atoms with Crippen molar-refractivity contribution in [1.82, 2.24) is 4.57 Å². The van der Waals surface area contributed by atoms with Crippen LogP contribution in [0.1, 0.15) is 23.2 Å². The third-order valence-electron chi connectivity index (χ3n) is 2.50. The Morgan fingerprint density at radius 2 is 2.19 bits per heavy atom. The van der Waals surface area contributed by atoms with Crippen LogP contribution in [0.3, 0.4) is 0 Å². The van der Waals surface area contributed by atoms with E-state index in [4.69, 9.17) is 5.73 Å². The summed E-state index contributed by atoms with van der Waals surface area (Å²) in [4.78, 5) is 22.2. The Morgan fingerprint density at radius 1 is 1.56 bits per heavy atom. The molecule has 16 heavy (non-hydrogen) atoms. The zero-order valence-corrected chi connectivity index (χ0v) is 11.1. The number of carbonyl (C=O) groups is 1. The number of rotatable bonds is 3. The standard InChI is InChI=1S/C10H12N2O3.Na/c11-8-3-7(10(14)15)5-12(9(8)13)4-6-1-2-6;/h3,5-6H,1-2,4,11H2,(H,14,15);/q;+1/p-1. The Labute approximate surface area is 115 Å². The van der Waals surface area contributed by atoms with E-state index in [1.165, 1.54) is 10.8 Å². The maximum atomic E-state index is 11.5. The van der Waals surface area contributed by atoms with Crippen LogP contribution in [0.5, 0.6) is 0 Å². The van der Waals surface area contributed by atoms with E-state index >= 15 is 0 Å². The molecule has 1 saturated carbocycles. The topological polar surface area (TPSA) is 88.2 Å². The molecule has 5 nitrogen and oxygen atoms in total. The molecular formula is C10H11N2NaO3. The molecule has 1 aliphatic rings. The number of carboxylic acid groups (broad SMARTS) is 1. The predicted octanol–water partition coefficient (Wildman–Crippen LogP) is -3.79. The fourth-order valence-electron chi connectivity index (χ4n) is 1.48. The molecule has 1 fully saturated rings. The van der Waals surface area contributed by atoms with E-state index in [2.05, 4.69) is 0 Å². The number of nitrogens with zero attached hydrogens (tertiary/aromatic N) is 1. The number of hydrogen-bond donors (Lipinski definition) is 1. The van der Waals surface area contributed by atoms with Crippen LogP contribution in [0.2, 0.25) is 0 Å². The molecule has 0 aliphatic heterocycles. The Hall–Kier alpha value is -0.780. The number of anilines is 1. The average molecular weight is 230 g/mol. The van der Waals surface area contributed by atoms with E-state index in [0.717, 1.165) is 18.9 Å². The smallest absolute Gasteiger partial charge is 0.545 e. The largest absolute Gasteiger partial charge is 1.00 e. The SMILES string of the molecule is Nc1cc(C(=O)[O-])cn(CC2CC2)c1=O.[Na+]. The van der Waals surface area contributed by atoms with E-state index in [1.54, 1.807) is 0 Å². The minimum atomic E-state index is -1.31. The van der Waals surface area contributed by atoms with Crippen molar-refractivity contribution >= 4 is 11.7 Å². The van der Waals surface area contributed by atoms with Crippen molar-refractivity contribution < 1.29 is 39.5 Å². The van der Waals surface area contributed by atoms with Gasteiger partial charge in [-0.15, -0.1) is 0 Å². The van der Waals surface area contributed by atoms with Gasteiger partial charge in [0, 0.05) is 18.3 Å². The maximum Gasteiger partial charge on any atom is 1.00 e. The van der Waals surface area contributed by atoms with Gasteiger partial charge in [-0.3, -0.25) is 4.79 Å². The number of hydrogen-bond acceptors (Lipinski definition) is 4. The van der Waals surface area contributed by atoms with Crippen molar-refractivity contribution in [3.05, 3.63) is 28.2 Å². The van der Waals surface area contributed by atoms with Gasteiger partial charge in [-0.1, -0.05) is 0 Å². The number of pyridine rings is 1. The van der Waals surface area contributed by atoms with Crippen LogP contribution in [-0.2, 0) is 6.54 Å². The summed E-state index contributed by atoms with van der Waals surface area (Å²) < 4.78 is 1.36. The Bertz CT molecular complexity index is 466. The molecule has 1 aliphatic carbocycles. The van der Waals surface area contributed by atoms with Crippen molar-refractivity contribution in [2.45, 2.75) is 19.4 Å². The second-order valence-electron chi connectivity index (χ2n) is 3.87. The van der Waals surface area contributed by atoms with Crippen LogP contribution in [0.15, 0.2) is 17.1 Å². The molecule has 0 bridgehead atoms. The molecule has 0 unspecified atom stereocenters. The van der Waals surface area contributed by atoms with Gasteiger partial charge < -0.3 is 20.2 Å². The van der Waals surface area contributed by atoms with Gasteiger partial charge in [0.15, 0.2) is 0 Å². The van der Waals surface area contributed by atoms with Gasteiger partial charge >= 0.3 is 29.6 Å². The number of nitrogen functional groups attached to an aromatic ring is 1. The van der Waals surface area contributed by atoms with E-state index in [0.29, 0.717) is 12.5 Å². The normalized spacial score (nSPS) is 14.2. The van der Waals surface area contributed by atoms with Crippen LogP contribution < -0.4 is 46.0 Å². The molecule has 0 spiro atoms. The van der Waals surface area contributed by atoms with Crippen molar-refractivity contribution in [3.63, 3.8) is 0 Å². The summed E-state index contributed by atoms with van der Waals surface area (Å²) in [6.07, 6.45) is 3.47. The fourth-order valence-corrected chi connectivity index (χ4v) is 1.48. The first-order valence-corrected chi connectivity index (χ1v) is 4.79. The summed E-state index contributed by atoms with van der Waals surface area (Å²) in [6.45, 7) is 0.546. The van der Waals surface area contributed by atoms with Crippen molar-refractivity contribution in [1.29, 1.82) is 0 Å². The van der Waals surface area contributed by atoms with Gasteiger partial charge in [-0.2, -0.15) is 0 Å². The summed E-state index contributed by atoms with van der Waals surface area (Å²) in [7, 11) is 0. The van der Waals surface area contributed by atoms with E-state index in [9.17, 15) is 14.7 Å². The first-order chi connectivity index (χ1) is 7.08. The van der Waals surface area contributed by atoms with Crippen molar-refractivity contribution in [3.8, 4) is 0 Å². The van der Waals surface area contributed by atoms with E-state index in [-0.39, 0.29) is 46.4 Å². The molecule has 1 aromatic rings. The summed E-state index contributed by atoms with van der Waals surface area (Å²) >= 11 is 0. The first-order valence-electron chi connectivity index (χ1n) is 4.79. The Kier molecular flexibility index (Phi) is 4.18. The van der Waals surface area contributed by atoms with Crippen molar-refractivity contribution in [2.24, 2.45) is 5.92 Å². The minimum Gasteiger partial charge on any atom is -0.545 e. The monoisotopic (exact) mass is 230 g/mol. The average Bonchev–Trinajstić information content (AvgIpc) is 2.96. The zero-order chi connectivity index (χ0) is 11.0. The molecule has 6 heteroatoms. The molecule has 2 N–H and O–H groups in total. The molecule has 0 radical (unpaired) electrons. The number of aromatic carboxylic acids is 1. The first kappa shape index (κ1) is 13.3. The van der Waals surface area contributed by atoms with Crippen LogP contribution in [0.4, 0.5) is 5.69 Å². The molecular weight excluding hydrogens is 219 g/mol. The summed E-state index contributed by atoms with van der Waals surface area (Å²) in [5.41, 5.74) is 5.01. The van der Waals surface area contributed by atoms with Gasteiger partial charge in [0.2, 0.25) is 0 Å². The van der Waals surface area contributed by atoms with E-state index in [1.807, 2.05) is 0 Å². The number of carbonyl (C=O) groups excluding carboxylic acids is 1. The summed E-state index contributed by atoms with van der Waals surface area (Å²) in [5.74, 6) is -0.828. The summed E-state index contributed by atoms with van der Waals surface area (Å²) in [5, 5.41) is 10.6. The maximum absolute atomic E-state index is 11.5. The third kappa shape index (κ3) is 2.87. The third-order valence-corrected chi connectivity index (χ3v) is 2.50. The van der Waals surface area contributed by atoms with Crippen LogP contribution in [-0.4, -0.2) is 10.5 Å². The van der Waals surface area contributed by atoms with Gasteiger partial charge in [0.25, 0.3) is 5.56 Å². The van der Waals surface area contributed by atoms with Crippen molar-refractivity contribution in [2.75, 3.05) is 5.73 Å². The summed E-state index contributed by atoms with van der Waals surface area (Å²) in [6, 6.07) is 1.14. The molecule has 0 atom stereocenters. The van der Waals surface area contributed by atoms with Crippen LogP contribution in [0, 0.1) is 5.92 Å². The minimum absolute atomic E-state index is 0. The van der Waals surface area contributed by atoms with Crippen LogP contribution >= 0.6 is 0 Å². The molecule has 2 rings (SSSR count). The zero-order valence-electron chi connectivity index (χ0n) is 9.10. The van der Waals surface area contributed by atoms with Gasteiger partial charge in [-0.25, -0.2) is 0 Å². The second kappa shape index (κ2) is 5.03. The molecule has 0 amide bonds. The molecule has 0 aromatic carbocycles. The molecule has 0 saturated heterocycles. The molecule has 80 valence electrons. The molecule has 1 aromatic heterocycles. The van der Waals surface area contributed by atoms with Gasteiger partial charge in [0.1, 0.15) is 0 Å². The number of carboxylic acids is 1. The number of aromatic nitrogens is 1. The second-order valence-corrected chi connectivity index (χ2v) is 3.87. The van der Waals surface area contributed by atoms with Crippen LogP contribution in [0.25, 0.3) is 0 Å². The number of nitrogens with two attached hydrogens (primary N) is 1. The Balaban J connectivity index is 0.00000128. The van der Waals surface area contributed by atoms with Gasteiger partial charge in [0.05, 0.1) is 11.7 Å². The fraction of sp³-hybridized carbons (Fsp3) is 0.400. The van der Waals surface area contributed by atoms with Gasteiger partial charge in [-0.05, 0) is 24.8 Å².